The Hall–Kier alpha value is -2.07. The molecule has 0 aliphatic rings. The van der Waals surface area contributed by atoms with Gasteiger partial charge in [0.05, 0.1) is 0 Å². The Morgan fingerprint density at radius 2 is 1.90 bits per heavy atom. The number of aliphatic hydroxyl groups excluding tert-OH is 1. The predicted molar refractivity (Wildman–Crippen MR) is 83.6 cm³/mol. The van der Waals surface area contributed by atoms with Gasteiger partial charge in [-0.1, -0.05) is 13.3 Å². The van der Waals surface area contributed by atoms with E-state index in [-0.39, 0.29) is 12.5 Å². The molecule has 1 aromatic carbocycles. The third kappa shape index (κ3) is 4.20. The van der Waals surface area contributed by atoms with Crippen LogP contribution in [0.3, 0.4) is 0 Å². The minimum absolute atomic E-state index is 0.0644. The van der Waals surface area contributed by atoms with E-state index in [1.165, 1.54) is 0 Å². The summed E-state index contributed by atoms with van der Waals surface area (Å²) in [5.41, 5.74) is 1.69. The van der Waals surface area contributed by atoms with Gasteiger partial charge in [0.1, 0.15) is 0 Å². The number of rotatable bonds is 7. The van der Waals surface area contributed by atoms with Gasteiger partial charge in [0.2, 0.25) is 0 Å². The molecule has 0 saturated carbocycles. The maximum atomic E-state index is 12.1. The van der Waals surface area contributed by atoms with Gasteiger partial charge in [0.25, 0.3) is 5.91 Å². The Bertz CT molecular complexity index is 547. The molecule has 112 valence electrons. The molecule has 2 rings (SSSR count). The molecule has 0 bridgehead atoms. The Morgan fingerprint density at radius 1 is 1.24 bits per heavy atom. The lowest BCUT2D eigenvalue weighted by molar-refractivity contribution is 0.0943. The molecule has 0 fully saturated rings. The van der Waals surface area contributed by atoms with Crippen LogP contribution in [0.5, 0.6) is 0 Å². The van der Waals surface area contributed by atoms with Crippen LogP contribution in [0.15, 0.2) is 48.8 Å². The lowest BCUT2D eigenvalue weighted by atomic mass is 10.0. The molecule has 4 nitrogen and oxygen atoms in total. The van der Waals surface area contributed by atoms with Gasteiger partial charge in [0.15, 0.2) is 0 Å². The Morgan fingerprint density at radius 3 is 2.48 bits per heavy atom. The predicted octanol–water partition coefficient (Wildman–Crippen LogP) is 2.62. The molecule has 1 heterocycles. The molecule has 0 aliphatic heterocycles. The first-order valence-electron chi connectivity index (χ1n) is 7.37. The van der Waals surface area contributed by atoms with Crippen molar-refractivity contribution in [1.29, 1.82) is 0 Å². The summed E-state index contributed by atoms with van der Waals surface area (Å²) in [6.45, 7) is 2.84. The highest BCUT2D eigenvalue weighted by Gasteiger charge is 2.09. The first-order chi connectivity index (χ1) is 10.2. The summed E-state index contributed by atoms with van der Waals surface area (Å²) < 4.78 is 2.00. The van der Waals surface area contributed by atoms with Crippen LogP contribution < -0.4 is 5.32 Å². The van der Waals surface area contributed by atoms with Crippen molar-refractivity contribution < 1.29 is 9.90 Å². The Labute approximate surface area is 125 Å². The summed E-state index contributed by atoms with van der Waals surface area (Å²) in [4.78, 5) is 12.1. The van der Waals surface area contributed by atoms with Crippen LogP contribution in [-0.4, -0.2) is 28.7 Å². The molecular weight excluding hydrogens is 264 g/mol. The number of nitrogens with one attached hydrogen (secondary N) is 1. The van der Waals surface area contributed by atoms with E-state index in [0.717, 1.165) is 18.5 Å². The van der Waals surface area contributed by atoms with Gasteiger partial charge < -0.3 is 15.0 Å². The van der Waals surface area contributed by atoms with E-state index in [1.807, 2.05) is 53.4 Å². The van der Waals surface area contributed by atoms with Crippen molar-refractivity contribution in [3.8, 4) is 5.69 Å². The normalized spacial score (nSPS) is 12.1. The van der Waals surface area contributed by atoms with E-state index in [4.69, 9.17) is 5.11 Å². The zero-order chi connectivity index (χ0) is 15.1. The van der Waals surface area contributed by atoms with Crippen LogP contribution in [0, 0.1) is 5.92 Å². The van der Waals surface area contributed by atoms with E-state index in [1.54, 1.807) is 0 Å². The van der Waals surface area contributed by atoms with Crippen molar-refractivity contribution in [2.24, 2.45) is 5.92 Å². The first kappa shape index (κ1) is 15.3. The van der Waals surface area contributed by atoms with Crippen molar-refractivity contribution in [1.82, 2.24) is 9.88 Å². The molecular formula is C17H22N2O2. The highest BCUT2D eigenvalue weighted by atomic mass is 16.3. The maximum Gasteiger partial charge on any atom is 0.251 e. The number of carbonyl (C=O) groups is 1. The first-order valence-corrected chi connectivity index (χ1v) is 7.37. The number of amides is 1. The lowest BCUT2D eigenvalue weighted by Gasteiger charge is -2.14. The molecule has 0 radical (unpaired) electrons. The van der Waals surface area contributed by atoms with Gasteiger partial charge in [-0.25, -0.2) is 0 Å². The maximum absolute atomic E-state index is 12.1. The fourth-order valence-corrected chi connectivity index (χ4v) is 2.26. The second kappa shape index (κ2) is 7.64. The zero-order valence-corrected chi connectivity index (χ0v) is 12.3. The van der Waals surface area contributed by atoms with Gasteiger partial charge in [-0.05, 0) is 48.7 Å². The van der Waals surface area contributed by atoms with Crippen LogP contribution in [-0.2, 0) is 0 Å². The highest BCUT2D eigenvalue weighted by molar-refractivity contribution is 5.94. The third-order valence-electron chi connectivity index (χ3n) is 3.70. The number of hydrogen-bond acceptors (Lipinski definition) is 2. The van der Waals surface area contributed by atoms with E-state index in [2.05, 4.69) is 12.2 Å². The fourth-order valence-electron chi connectivity index (χ4n) is 2.26. The number of aromatic nitrogens is 1. The number of aliphatic hydroxyl groups is 1. The average Bonchev–Trinajstić information content (AvgIpc) is 3.05. The molecule has 0 saturated heterocycles. The highest BCUT2D eigenvalue weighted by Crippen LogP contribution is 2.11. The smallest absolute Gasteiger partial charge is 0.251 e. The summed E-state index contributed by atoms with van der Waals surface area (Å²) in [6, 6.07) is 11.5. The van der Waals surface area contributed by atoms with Crippen molar-refractivity contribution in [3.05, 3.63) is 54.4 Å². The van der Waals surface area contributed by atoms with E-state index < -0.39 is 0 Å². The summed E-state index contributed by atoms with van der Waals surface area (Å²) >= 11 is 0. The fraction of sp³-hybridized carbons (Fsp3) is 0.353. The van der Waals surface area contributed by atoms with Crippen molar-refractivity contribution in [3.63, 3.8) is 0 Å². The van der Waals surface area contributed by atoms with Gasteiger partial charge in [0, 0.05) is 36.8 Å². The molecule has 1 amide bonds. The SMILES string of the molecule is CCC(CCO)CNC(=O)c1ccc(-n2cccc2)cc1. The summed E-state index contributed by atoms with van der Waals surface area (Å²) in [5, 5.41) is 11.9. The molecule has 2 aromatic rings. The van der Waals surface area contributed by atoms with Crippen LogP contribution in [0.4, 0.5) is 0 Å². The lowest BCUT2D eigenvalue weighted by Crippen LogP contribution is -2.29. The second-order valence-corrected chi connectivity index (χ2v) is 5.13. The quantitative estimate of drug-likeness (QED) is 0.822. The zero-order valence-electron chi connectivity index (χ0n) is 12.3. The monoisotopic (exact) mass is 286 g/mol. The Kier molecular flexibility index (Phi) is 5.58. The second-order valence-electron chi connectivity index (χ2n) is 5.13. The number of hydrogen-bond donors (Lipinski definition) is 2. The number of benzene rings is 1. The molecule has 1 atom stereocenters. The number of carbonyl (C=O) groups excluding carboxylic acids is 1. The van der Waals surface area contributed by atoms with Crippen LogP contribution in [0.1, 0.15) is 30.1 Å². The van der Waals surface area contributed by atoms with Gasteiger partial charge in [-0.2, -0.15) is 0 Å². The molecule has 1 unspecified atom stereocenters. The van der Waals surface area contributed by atoms with Crippen LogP contribution in [0.25, 0.3) is 5.69 Å². The van der Waals surface area contributed by atoms with E-state index >= 15 is 0 Å². The van der Waals surface area contributed by atoms with Gasteiger partial charge >= 0.3 is 0 Å². The molecule has 1 aromatic heterocycles. The van der Waals surface area contributed by atoms with E-state index in [0.29, 0.717) is 18.0 Å². The summed E-state index contributed by atoms with van der Waals surface area (Å²) in [6.07, 6.45) is 5.61. The number of nitrogens with zero attached hydrogens (tertiary/aromatic N) is 1. The molecule has 4 heteroatoms. The standard InChI is InChI=1S/C17H22N2O2/c1-2-14(9-12-20)13-18-17(21)15-5-7-16(8-6-15)19-10-3-4-11-19/h3-8,10-11,14,20H,2,9,12-13H2,1H3,(H,18,21). The van der Waals surface area contributed by atoms with Crippen molar-refractivity contribution in [2.75, 3.05) is 13.2 Å². The van der Waals surface area contributed by atoms with Gasteiger partial charge in [-0.15, -0.1) is 0 Å². The third-order valence-corrected chi connectivity index (χ3v) is 3.70. The molecule has 0 aliphatic carbocycles. The largest absolute Gasteiger partial charge is 0.396 e. The Balaban J connectivity index is 1.94. The molecule has 0 spiro atoms. The average molecular weight is 286 g/mol. The molecule has 2 N–H and O–H groups in total. The van der Waals surface area contributed by atoms with Crippen molar-refractivity contribution in [2.45, 2.75) is 19.8 Å². The van der Waals surface area contributed by atoms with Crippen LogP contribution in [0.2, 0.25) is 0 Å². The van der Waals surface area contributed by atoms with Crippen molar-refractivity contribution >= 4 is 5.91 Å². The molecule has 21 heavy (non-hydrogen) atoms. The topological polar surface area (TPSA) is 54.3 Å². The minimum Gasteiger partial charge on any atom is -0.396 e. The minimum atomic E-state index is -0.0644. The van der Waals surface area contributed by atoms with Crippen LogP contribution >= 0.6 is 0 Å². The van der Waals surface area contributed by atoms with E-state index in [9.17, 15) is 4.79 Å². The van der Waals surface area contributed by atoms with Gasteiger partial charge in [-0.3, -0.25) is 4.79 Å². The summed E-state index contributed by atoms with van der Waals surface area (Å²) in [5.74, 6) is 0.267. The summed E-state index contributed by atoms with van der Waals surface area (Å²) in [7, 11) is 0.